The maximum Gasteiger partial charge on any atom is 0.251 e. The molecule has 3 atom stereocenters. The molecule has 1 aliphatic heterocycles. The zero-order chi connectivity index (χ0) is 30.2. The normalized spacial score (nSPS) is 19.0. The van der Waals surface area contributed by atoms with Gasteiger partial charge in [0.25, 0.3) is 5.91 Å². The molecule has 1 aromatic heterocycles. The molecule has 0 saturated heterocycles. The number of hydrogen-bond donors (Lipinski definition) is 2. The molecule has 1 fully saturated rings. The molecule has 224 valence electrons. The van der Waals surface area contributed by atoms with E-state index in [1.807, 2.05) is 36.4 Å². The van der Waals surface area contributed by atoms with Gasteiger partial charge in [-0.2, -0.15) is 0 Å². The average Bonchev–Trinajstić information content (AvgIpc) is 3.76. The molecule has 1 unspecified atom stereocenters. The number of halogens is 1. The van der Waals surface area contributed by atoms with Crippen molar-refractivity contribution < 1.29 is 28.5 Å². The highest BCUT2D eigenvalue weighted by molar-refractivity contribution is 6.30. The lowest BCUT2D eigenvalue weighted by Crippen LogP contribution is -2.29. The molecular weight excluding hydrogens is 572 g/mol. The Balaban J connectivity index is 1.42. The molecule has 0 bridgehead atoms. The Labute approximate surface area is 254 Å². The van der Waals surface area contributed by atoms with Crippen molar-refractivity contribution in [3.63, 3.8) is 0 Å². The van der Waals surface area contributed by atoms with E-state index in [0.717, 1.165) is 35.0 Å². The molecule has 4 aromatic rings. The Bertz CT molecular complexity index is 1690. The monoisotopic (exact) mass is 604 g/mol. The summed E-state index contributed by atoms with van der Waals surface area (Å²) in [5, 5.41) is 6.46. The van der Waals surface area contributed by atoms with Crippen LogP contribution in [0.25, 0.3) is 22.4 Å². The van der Waals surface area contributed by atoms with Crippen molar-refractivity contribution in [2.45, 2.75) is 31.3 Å². The van der Waals surface area contributed by atoms with Crippen LogP contribution in [0.1, 0.15) is 47.3 Å². The first-order valence-electron chi connectivity index (χ1n) is 14.1. The van der Waals surface area contributed by atoms with E-state index >= 15 is 0 Å². The summed E-state index contributed by atoms with van der Waals surface area (Å²) in [6.45, 7) is 0.329. The van der Waals surface area contributed by atoms with Crippen molar-refractivity contribution in [1.29, 1.82) is 0 Å². The molecule has 2 aliphatic rings. The van der Waals surface area contributed by atoms with E-state index in [0.29, 0.717) is 52.4 Å². The van der Waals surface area contributed by atoms with Crippen LogP contribution in [0.15, 0.2) is 48.5 Å². The summed E-state index contributed by atoms with van der Waals surface area (Å²) in [7, 11) is 6.36. The average molecular weight is 605 g/mol. The van der Waals surface area contributed by atoms with Crippen molar-refractivity contribution in [2.75, 3.05) is 35.0 Å². The largest absolute Gasteiger partial charge is 0.493 e. The van der Waals surface area contributed by atoms with Gasteiger partial charge in [-0.1, -0.05) is 11.6 Å². The highest BCUT2D eigenvalue weighted by Crippen LogP contribution is 2.44. The number of nitrogens with zero attached hydrogens (tertiary/aromatic N) is 2. The number of ether oxygens (including phenoxy) is 4. The molecule has 43 heavy (non-hydrogen) atoms. The van der Waals surface area contributed by atoms with Crippen LogP contribution in [0.3, 0.4) is 0 Å². The van der Waals surface area contributed by atoms with Gasteiger partial charge < -0.3 is 34.1 Å². The SMILES string of the molecule is CNC(=O)[C@H]1CC[C@H](n2c(-c3cc(OC)c(OC)c(OC)c3)nc3ccc(C(=O)NC4COc5ccc(Cl)cc54)cc32)C1. The third-order valence-electron chi connectivity index (χ3n) is 8.32. The molecule has 11 heteroatoms. The number of aromatic nitrogens is 2. The topological polar surface area (TPSA) is 113 Å². The van der Waals surface area contributed by atoms with Crippen LogP contribution < -0.4 is 29.6 Å². The second kappa shape index (κ2) is 11.7. The minimum Gasteiger partial charge on any atom is -0.493 e. The van der Waals surface area contributed by atoms with Crippen molar-refractivity contribution in [3.8, 4) is 34.4 Å². The van der Waals surface area contributed by atoms with Crippen LogP contribution in [0.5, 0.6) is 23.0 Å². The maximum atomic E-state index is 13.5. The Hall–Kier alpha value is -4.44. The van der Waals surface area contributed by atoms with Crippen LogP contribution in [-0.2, 0) is 4.79 Å². The van der Waals surface area contributed by atoms with Gasteiger partial charge in [0, 0.05) is 40.7 Å². The lowest BCUT2D eigenvalue weighted by Gasteiger charge is -2.19. The highest BCUT2D eigenvalue weighted by Gasteiger charge is 2.34. The molecule has 10 nitrogen and oxygen atoms in total. The number of fused-ring (bicyclic) bond motifs is 2. The maximum absolute atomic E-state index is 13.5. The van der Waals surface area contributed by atoms with Gasteiger partial charge >= 0.3 is 0 Å². The standard InChI is InChI=1S/C32H33ClN4O6/c1-34-31(38)17-5-8-21(11-17)37-25-12-18(32(39)36-24-16-43-26-10-7-20(33)15-22(24)26)6-9-23(25)35-30(37)19-13-27(40-2)29(42-4)28(14-19)41-3/h6-7,9-10,12-15,17,21,24H,5,8,11,16H2,1-4H3,(H,34,38)(H,36,39)/t17-,21-,24?/m0/s1. The molecule has 2 N–H and O–H groups in total. The molecule has 2 heterocycles. The van der Waals surface area contributed by atoms with Gasteiger partial charge in [-0.05, 0) is 67.8 Å². The second-order valence-electron chi connectivity index (χ2n) is 10.7. The van der Waals surface area contributed by atoms with E-state index in [1.54, 1.807) is 40.5 Å². The molecule has 0 radical (unpaired) electrons. The first-order valence-corrected chi connectivity index (χ1v) is 14.5. The van der Waals surface area contributed by atoms with E-state index in [4.69, 9.17) is 35.5 Å². The van der Waals surface area contributed by atoms with Gasteiger partial charge in [0.1, 0.15) is 18.2 Å². The first kappa shape index (κ1) is 28.7. The third-order valence-corrected chi connectivity index (χ3v) is 8.56. The number of benzene rings is 3. The zero-order valence-electron chi connectivity index (χ0n) is 24.4. The Morgan fingerprint density at radius 1 is 1.00 bits per heavy atom. The number of rotatable bonds is 8. The summed E-state index contributed by atoms with van der Waals surface area (Å²) in [6, 6.07) is 14.3. The molecule has 3 aromatic carbocycles. The number of carbonyl (C=O) groups is 2. The van der Waals surface area contributed by atoms with Crippen LogP contribution in [-0.4, -0.2) is 56.3 Å². The van der Waals surface area contributed by atoms with Crippen LogP contribution in [0, 0.1) is 5.92 Å². The molecule has 6 rings (SSSR count). The molecule has 0 spiro atoms. The van der Waals surface area contributed by atoms with E-state index in [2.05, 4.69) is 15.2 Å². The lowest BCUT2D eigenvalue weighted by molar-refractivity contribution is -0.124. The minimum absolute atomic E-state index is 0.0167. The summed E-state index contributed by atoms with van der Waals surface area (Å²) in [5.74, 6) is 2.57. The fourth-order valence-electron chi connectivity index (χ4n) is 6.20. The highest BCUT2D eigenvalue weighted by atomic mass is 35.5. The van der Waals surface area contributed by atoms with Crippen LogP contribution >= 0.6 is 11.6 Å². The molecule has 1 saturated carbocycles. The predicted octanol–water partition coefficient (Wildman–Crippen LogP) is 5.33. The number of carbonyl (C=O) groups excluding carboxylic acids is 2. The van der Waals surface area contributed by atoms with Crippen molar-refractivity contribution in [1.82, 2.24) is 20.2 Å². The van der Waals surface area contributed by atoms with Gasteiger partial charge in [0.15, 0.2) is 11.5 Å². The smallest absolute Gasteiger partial charge is 0.251 e. The minimum atomic E-state index is -0.320. The quantitative estimate of drug-likeness (QED) is 0.279. The summed E-state index contributed by atoms with van der Waals surface area (Å²) in [5.41, 5.74) is 3.62. The van der Waals surface area contributed by atoms with Gasteiger partial charge in [-0.15, -0.1) is 0 Å². The number of methoxy groups -OCH3 is 3. The Kier molecular flexibility index (Phi) is 7.79. The summed E-state index contributed by atoms with van der Waals surface area (Å²) in [6.07, 6.45) is 2.19. The first-order chi connectivity index (χ1) is 20.8. The van der Waals surface area contributed by atoms with Crippen molar-refractivity contribution in [3.05, 3.63) is 64.7 Å². The number of hydrogen-bond acceptors (Lipinski definition) is 7. The number of amides is 2. The summed E-state index contributed by atoms with van der Waals surface area (Å²) >= 11 is 6.21. The Morgan fingerprint density at radius 3 is 2.47 bits per heavy atom. The number of nitrogens with one attached hydrogen (secondary N) is 2. The fraction of sp³-hybridized carbons (Fsp3) is 0.344. The van der Waals surface area contributed by atoms with Gasteiger partial charge in [-0.3, -0.25) is 9.59 Å². The summed E-state index contributed by atoms with van der Waals surface area (Å²) < 4.78 is 24.7. The second-order valence-corrected chi connectivity index (χ2v) is 11.2. The molecule has 2 amide bonds. The predicted molar refractivity (Wildman–Crippen MR) is 162 cm³/mol. The fourth-order valence-corrected chi connectivity index (χ4v) is 6.38. The molecule has 1 aliphatic carbocycles. The Morgan fingerprint density at radius 2 is 1.77 bits per heavy atom. The van der Waals surface area contributed by atoms with Gasteiger partial charge in [-0.25, -0.2) is 4.98 Å². The summed E-state index contributed by atoms with van der Waals surface area (Å²) in [4.78, 5) is 31.1. The van der Waals surface area contributed by atoms with E-state index in [9.17, 15) is 9.59 Å². The zero-order valence-corrected chi connectivity index (χ0v) is 25.2. The van der Waals surface area contributed by atoms with E-state index in [-0.39, 0.29) is 29.8 Å². The molecular formula is C32H33ClN4O6. The third kappa shape index (κ3) is 5.20. The van der Waals surface area contributed by atoms with E-state index in [1.165, 1.54) is 0 Å². The lowest BCUT2D eigenvalue weighted by atomic mass is 10.1. The number of imidazole rings is 1. The van der Waals surface area contributed by atoms with Gasteiger partial charge in [0.2, 0.25) is 11.7 Å². The van der Waals surface area contributed by atoms with Gasteiger partial charge in [0.05, 0.1) is 38.4 Å². The van der Waals surface area contributed by atoms with E-state index < -0.39 is 0 Å². The van der Waals surface area contributed by atoms with Crippen molar-refractivity contribution >= 4 is 34.4 Å². The van der Waals surface area contributed by atoms with Crippen molar-refractivity contribution in [2.24, 2.45) is 5.92 Å². The van der Waals surface area contributed by atoms with Crippen LogP contribution in [0.4, 0.5) is 0 Å². The van der Waals surface area contributed by atoms with Crippen LogP contribution in [0.2, 0.25) is 5.02 Å².